The van der Waals surface area contributed by atoms with Crippen LogP contribution in [0.2, 0.25) is 0 Å². The Bertz CT molecular complexity index is 60.9. The number of hydrogen-bond donors (Lipinski definition) is 0. The second kappa shape index (κ2) is 6.40. The average molecular weight is 112 g/mol. The molecule has 0 aromatic rings. The van der Waals surface area contributed by atoms with Crippen LogP contribution in [0.4, 0.5) is 0 Å². The third kappa shape index (κ3) is 5.40. The van der Waals surface area contributed by atoms with Crippen LogP contribution in [0.3, 0.4) is 0 Å². The van der Waals surface area contributed by atoms with Crippen molar-refractivity contribution in [2.75, 3.05) is 13.2 Å². The topological polar surface area (TPSA) is 23.3 Å². The van der Waals surface area contributed by atoms with Crippen LogP contribution < -0.4 is 5.48 Å². The highest BCUT2D eigenvalue weighted by Gasteiger charge is 1.77. The minimum absolute atomic E-state index is 0.480. The molecule has 0 unspecified atom stereocenters. The van der Waals surface area contributed by atoms with Crippen molar-refractivity contribution in [2.45, 2.75) is 0 Å². The fourth-order valence-corrected chi connectivity index (χ4v) is 0.211. The summed E-state index contributed by atoms with van der Waals surface area (Å²) < 4.78 is 0. The van der Waals surface area contributed by atoms with Gasteiger partial charge in [0.1, 0.15) is 0 Å². The first-order valence-electron chi connectivity index (χ1n) is 2.42. The standard InChI is InChI=1S/C6H10NO/c1-3-5-7-8-6-4-2/h3-4H,1-2,5-6H2. The van der Waals surface area contributed by atoms with Crippen molar-refractivity contribution >= 4 is 0 Å². The predicted molar refractivity (Wildman–Crippen MR) is 33.3 cm³/mol. The quantitative estimate of drug-likeness (QED) is 0.294. The Morgan fingerprint density at radius 2 is 2.12 bits per heavy atom. The van der Waals surface area contributed by atoms with E-state index in [4.69, 9.17) is 0 Å². The second-order valence-electron chi connectivity index (χ2n) is 1.18. The molecule has 0 aromatic heterocycles. The third-order valence-electron chi connectivity index (χ3n) is 0.487. The summed E-state index contributed by atoms with van der Waals surface area (Å²) in [7, 11) is 0. The summed E-state index contributed by atoms with van der Waals surface area (Å²) in [6.45, 7) is 7.94. The highest BCUT2D eigenvalue weighted by Crippen LogP contribution is 1.69. The Hall–Kier alpha value is -0.600. The van der Waals surface area contributed by atoms with Gasteiger partial charge in [0.05, 0.1) is 13.2 Å². The van der Waals surface area contributed by atoms with E-state index in [0.29, 0.717) is 13.2 Å². The van der Waals surface area contributed by atoms with Gasteiger partial charge in [-0.15, -0.1) is 13.2 Å². The summed E-state index contributed by atoms with van der Waals surface area (Å²) in [5, 5.41) is 0. The molecule has 8 heavy (non-hydrogen) atoms. The van der Waals surface area contributed by atoms with Crippen LogP contribution in [-0.2, 0) is 4.84 Å². The van der Waals surface area contributed by atoms with Gasteiger partial charge in [-0.25, -0.2) is 0 Å². The fraction of sp³-hybridized carbons (Fsp3) is 0.333. The molecule has 0 rings (SSSR count). The molecule has 45 valence electrons. The molecule has 2 heteroatoms. The Balaban J connectivity index is 2.71. The zero-order valence-electron chi connectivity index (χ0n) is 4.84. The molecule has 0 aliphatic carbocycles. The first kappa shape index (κ1) is 7.40. The molecular weight excluding hydrogens is 102 g/mol. The van der Waals surface area contributed by atoms with E-state index in [1.165, 1.54) is 0 Å². The molecule has 0 bridgehead atoms. The van der Waals surface area contributed by atoms with Gasteiger partial charge in [-0.3, -0.25) is 4.84 Å². The molecule has 0 heterocycles. The molecule has 0 spiro atoms. The largest absolute Gasteiger partial charge is 0.278 e. The van der Waals surface area contributed by atoms with Crippen molar-refractivity contribution in [1.29, 1.82) is 0 Å². The molecule has 2 nitrogen and oxygen atoms in total. The lowest BCUT2D eigenvalue weighted by molar-refractivity contribution is 0.0623. The first-order chi connectivity index (χ1) is 3.91. The van der Waals surface area contributed by atoms with Crippen LogP contribution in [0.25, 0.3) is 0 Å². The van der Waals surface area contributed by atoms with Gasteiger partial charge in [-0.2, -0.15) is 0 Å². The Morgan fingerprint density at radius 3 is 2.62 bits per heavy atom. The summed E-state index contributed by atoms with van der Waals surface area (Å²) in [6, 6.07) is 0. The van der Waals surface area contributed by atoms with Crippen molar-refractivity contribution in [3.8, 4) is 0 Å². The Morgan fingerprint density at radius 1 is 1.38 bits per heavy atom. The van der Waals surface area contributed by atoms with Gasteiger partial charge >= 0.3 is 0 Å². The van der Waals surface area contributed by atoms with Gasteiger partial charge in [0, 0.05) is 0 Å². The maximum atomic E-state index is 4.66. The smallest absolute Gasteiger partial charge is 0.0881 e. The van der Waals surface area contributed by atoms with Gasteiger partial charge in [0.15, 0.2) is 0 Å². The number of rotatable bonds is 5. The van der Waals surface area contributed by atoms with Crippen molar-refractivity contribution in [1.82, 2.24) is 5.48 Å². The summed E-state index contributed by atoms with van der Waals surface area (Å²) in [5.74, 6) is 0. The number of hydrogen-bond acceptors (Lipinski definition) is 1. The van der Waals surface area contributed by atoms with E-state index in [-0.39, 0.29) is 0 Å². The van der Waals surface area contributed by atoms with Crippen LogP contribution in [0, 0.1) is 0 Å². The first-order valence-corrected chi connectivity index (χ1v) is 2.42. The van der Waals surface area contributed by atoms with E-state index < -0.39 is 0 Å². The van der Waals surface area contributed by atoms with Crippen LogP contribution in [-0.4, -0.2) is 13.2 Å². The van der Waals surface area contributed by atoms with Crippen LogP contribution in [0.5, 0.6) is 0 Å². The van der Waals surface area contributed by atoms with Gasteiger partial charge < -0.3 is 0 Å². The molecule has 0 aromatic carbocycles. The molecule has 0 saturated heterocycles. The zero-order valence-corrected chi connectivity index (χ0v) is 4.84. The SMILES string of the molecule is C=CC[N]OCC=C. The molecule has 0 N–H and O–H groups in total. The Labute approximate surface area is 49.8 Å². The number of hydroxylamine groups is 1. The average Bonchev–Trinajstić information content (AvgIpc) is 1.81. The predicted octanol–water partition coefficient (Wildman–Crippen LogP) is 0.894. The van der Waals surface area contributed by atoms with Gasteiger partial charge in [-0.1, -0.05) is 17.6 Å². The summed E-state index contributed by atoms with van der Waals surface area (Å²) in [5.41, 5.74) is 3.59. The van der Waals surface area contributed by atoms with Gasteiger partial charge in [0.25, 0.3) is 0 Å². The maximum absolute atomic E-state index is 4.66. The van der Waals surface area contributed by atoms with Crippen molar-refractivity contribution in [3.63, 3.8) is 0 Å². The minimum Gasteiger partial charge on any atom is -0.278 e. The minimum atomic E-state index is 0.480. The van der Waals surface area contributed by atoms with E-state index in [2.05, 4.69) is 23.5 Å². The summed E-state index contributed by atoms with van der Waals surface area (Å²) in [6.07, 6.45) is 3.32. The summed E-state index contributed by atoms with van der Waals surface area (Å²) >= 11 is 0. The highest BCUT2D eigenvalue weighted by atomic mass is 16.6. The zero-order chi connectivity index (χ0) is 6.24. The van der Waals surface area contributed by atoms with E-state index in [1.807, 2.05) is 0 Å². The van der Waals surface area contributed by atoms with E-state index in [0.717, 1.165) is 0 Å². The molecule has 0 atom stereocenters. The highest BCUT2D eigenvalue weighted by molar-refractivity contribution is 4.67. The van der Waals surface area contributed by atoms with Gasteiger partial charge in [0.2, 0.25) is 0 Å². The maximum Gasteiger partial charge on any atom is 0.0881 e. The molecule has 1 radical (unpaired) electrons. The monoisotopic (exact) mass is 112 g/mol. The fourth-order valence-electron chi connectivity index (χ4n) is 0.211. The molecule has 0 amide bonds. The summed E-state index contributed by atoms with van der Waals surface area (Å²) in [4.78, 5) is 4.66. The number of nitrogens with zero attached hydrogens (tertiary/aromatic N) is 1. The lowest BCUT2D eigenvalue weighted by Crippen LogP contribution is -2.04. The normalized spacial score (nSPS) is 8.50. The van der Waals surface area contributed by atoms with Crippen molar-refractivity contribution in [3.05, 3.63) is 25.3 Å². The lowest BCUT2D eigenvalue weighted by Gasteiger charge is -1.92. The van der Waals surface area contributed by atoms with E-state index in [1.54, 1.807) is 12.2 Å². The third-order valence-corrected chi connectivity index (χ3v) is 0.487. The van der Waals surface area contributed by atoms with E-state index in [9.17, 15) is 0 Å². The van der Waals surface area contributed by atoms with E-state index >= 15 is 0 Å². The second-order valence-corrected chi connectivity index (χ2v) is 1.18. The van der Waals surface area contributed by atoms with Gasteiger partial charge in [-0.05, 0) is 0 Å². The molecule has 0 saturated carbocycles. The molecule has 0 aliphatic rings. The van der Waals surface area contributed by atoms with Crippen LogP contribution in [0.1, 0.15) is 0 Å². The molecule has 0 fully saturated rings. The van der Waals surface area contributed by atoms with Crippen molar-refractivity contribution in [2.24, 2.45) is 0 Å². The Kier molecular flexibility index (Phi) is 5.92. The van der Waals surface area contributed by atoms with Crippen molar-refractivity contribution < 1.29 is 4.84 Å². The molecule has 0 aliphatic heterocycles. The lowest BCUT2D eigenvalue weighted by atomic mass is 10.7. The van der Waals surface area contributed by atoms with Crippen LogP contribution >= 0.6 is 0 Å². The molecular formula is C6H10NO. The van der Waals surface area contributed by atoms with Crippen LogP contribution in [0.15, 0.2) is 25.3 Å².